The third-order valence-electron chi connectivity index (χ3n) is 2.32. The van der Waals surface area contributed by atoms with Gasteiger partial charge in [0.15, 0.2) is 0 Å². The number of phenols is 1. The molecule has 0 radical (unpaired) electrons. The van der Waals surface area contributed by atoms with Gasteiger partial charge in [-0.1, -0.05) is 11.6 Å². The smallest absolute Gasteiger partial charge is 0.261 e. The summed E-state index contributed by atoms with van der Waals surface area (Å²) in [5.41, 5.74) is -0.197. The monoisotopic (exact) mass is 301 g/mol. The fourth-order valence-corrected chi connectivity index (χ4v) is 2.63. The van der Waals surface area contributed by atoms with E-state index in [1.807, 2.05) is 0 Å². The minimum Gasteiger partial charge on any atom is -0.508 e. The van der Waals surface area contributed by atoms with Gasteiger partial charge in [0.25, 0.3) is 10.0 Å². The summed E-state index contributed by atoms with van der Waals surface area (Å²) in [7, 11) is -3.91. The molecule has 0 fully saturated rings. The lowest BCUT2D eigenvalue weighted by Crippen LogP contribution is -2.13. The Morgan fingerprint density at radius 2 is 1.74 bits per heavy atom. The Labute approximate surface area is 114 Å². The predicted octanol–water partition coefficient (Wildman–Crippen LogP) is 2.99. The van der Waals surface area contributed by atoms with Crippen LogP contribution in [0.15, 0.2) is 47.4 Å². The molecule has 0 unspecified atom stereocenters. The van der Waals surface area contributed by atoms with Gasteiger partial charge in [-0.3, -0.25) is 4.72 Å². The van der Waals surface area contributed by atoms with Crippen LogP contribution in [-0.4, -0.2) is 13.5 Å². The lowest BCUT2D eigenvalue weighted by atomic mass is 10.3. The van der Waals surface area contributed by atoms with Crippen molar-refractivity contribution in [3.63, 3.8) is 0 Å². The zero-order chi connectivity index (χ0) is 14.0. The zero-order valence-corrected chi connectivity index (χ0v) is 11.0. The SMILES string of the molecule is O=S(=O)(Nc1ccc(Cl)cc1F)c1ccc(O)cc1. The van der Waals surface area contributed by atoms with Crippen molar-refractivity contribution in [2.45, 2.75) is 4.90 Å². The standard InChI is InChI=1S/C12H9ClFNO3S/c13-8-1-6-12(11(14)7-8)15-19(17,18)10-4-2-9(16)3-5-10/h1-7,15-16H. The second kappa shape index (κ2) is 5.07. The number of hydrogen-bond acceptors (Lipinski definition) is 3. The van der Waals surface area contributed by atoms with Gasteiger partial charge < -0.3 is 5.11 Å². The Balaban J connectivity index is 2.33. The fourth-order valence-electron chi connectivity index (χ4n) is 1.40. The van der Waals surface area contributed by atoms with E-state index in [4.69, 9.17) is 16.7 Å². The fraction of sp³-hybridized carbons (Fsp3) is 0. The molecule has 2 N–H and O–H groups in total. The molecule has 0 aliphatic rings. The normalized spacial score (nSPS) is 11.3. The summed E-state index contributed by atoms with van der Waals surface area (Å²) in [6.07, 6.45) is 0. The van der Waals surface area contributed by atoms with Crippen molar-refractivity contribution in [1.82, 2.24) is 0 Å². The van der Waals surface area contributed by atoms with Crippen LogP contribution in [-0.2, 0) is 10.0 Å². The van der Waals surface area contributed by atoms with Crippen LogP contribution >= 0.6 is 11.6 Å². The lowest BCUT2D eigenvalue weighted by molar-refractivity contribution is 0.475. The van der Waals surface area contributed by atoms with Crippen molar-refractivity contribution in [2.24, 2.45) is 0 Å². The highest BCUT2D eigenvalue weighted by molar-refractivity contribution is 7.92. The van der Waals surface area contributed by atoms with E-state index in [-0.39, 0.29) is 21.4 Å². The van der Waals surface area contributed by atoms with Crippen LogP contribution in [0, 0.1) is 5.82 Å². The first-order chi connectivity index (χ1) is 8.88. The number of aromatic hydroxyl groups is 1. The molecule has 0 bridgehead atoms. The summed E-state index contributed by atoms with van der Waals surface area (Å²) in [5.74, 6) is -0.827. The van der Waals surface area contributed by atoms with E-state index in [2.05, 4.69) is 4.72 Å². The van der Waals surface area contributed by atoms with E-state index in [1.165, 1.54) is 36.4 Å². The molecule has 0 aliphatic carbocycles. The highest BCUT2D eigenvalue weighted by Gasteiger charge is 2.16. The molecule has 7 heteroatoms. The molecule has 2 aromatic carbocycles. The summed E-state index contributed by atoms with van der Waals surface area (Å²) in [6.45, 7) is 0. The summed E-state index contributed by atoms with van der Waals surface area (Å²) in [5, 5.41) is 9.27. The quantitative estimate of drug-likeness (QED) is 0.916. The number of sulfonamides is 1. The van der Waals surface area contributed by atoms with Crippen molar-refractivity contribution in [1.29, 1.82) is 0 Å². The highest BCUT2D eigenvalue weighted by Crippen LogP contribution is 2.23. The number of anilines is 1. The van der Waals surface area contributed by atoms with Crippen LogP contribution < -0.4 is 4.72 Å². The maximum atomic E-state index is 13.5. The van der Waals surface area contributed by atoms with Crippen LogP contribution in [0.1, 0.15) is 0 Å². The van der Waals surface area contributed by atoms with Gasteiger partial charge >= 0.3 is 0 Å². The Kier molecular flexibility index (Phi) is 3.64. The summed E-state index contributed by atoms with van der Waals surface area (Å²) in [6, 6.07) is 8.50. The summed E-state index contributed by atoms with van der Waals surface area (Å²) in [4.78, 5) is -0.0837. The van der Waals surface area contributed by atoms with Crippen molar-refractivity contribution in [2.75, 3.05) is 4.72 Å². The molecule has 4 nitrogen and oxygen atoms in total. The minimum absolute atomic E-state index is 0.0587. The Bertz CT molecular complexity index is 701. The second-order valence-corrected chi connectivity index (χ2v) is 5.84. The average Bonchev–Trinajstić information content (AvgIpc) is 2.33. The first kappa shape index (κ1) is 13.6. The van der Waals surface area contributed by atoms with Gasteiger partial charge in [-0.05, 0) is 42.5 Å². The molecular weight excluding hydrogens is 293 g/mol. The molecule has 2 rings (SSSR count). The Morgan fingerprint density at radius 3 is 2.32 bits per heavy atom. The molecule has 0 atom stereocenters. The van der Waals surface area contributed by atoms with Gasteiger partial charge in [0, 0.05) is 5.02 Å². The zero-order valence-electron chi connectivity index (χ0n) is 9.47. The van der Waals surface area contributed by atoms with Crippen LogP contribution in [0.3, 0.4) is 0 Å². The molecule has 0 aliphatic heterocycles. The van der Waals surface area contributed by atoms with Crippen molar-refractivity contribution in [3.05, 3.63) is 53.3 Å². The molecule has 0 saturated carbocycles. The van der Waals surface area contributed by atoms with Crippen molar-refractivity contribution in [3.8, 4) is 5.75 Å². The van der Waals surface area contributed by atoms with E-state index in [1.54, 1.807) is 0 Å². The number of nitrogens with one attached hydrogen (secondary N) is 1. The summed E-state index contributed by atoms with van der Waals surface area (Å²) < 4.78 is 39.5. The predicted molar refractivity (Wildman–Crippen MR) is 70.3 cm³/mol. The third-order valence-corrected chi connectivity index (χ3v) is 3.94. The van der Waals surface area contributed by atoms with E-state index in [0.29, 0.717) is 0 Å². The van der Waals surface area contributed by atoms with Crippen molar-refractivity contribution >= 4 is 27.3 Å². The Hall–Kier alpha value is -1.79. The van der Waals surface area contributed by atoms with Gasteiger partial charge in [0.2, 0.25) is 0 Å². The largest absolute Gasteiger partial charge is 0.508 e. The number of phenolic OH excluding ortho intramolecular Hbond substituents is 1. The minimum atomic E-state index is -3.91. The van der Waals surface area contributed by atoms with Crippen molar-refractivity contribution < 1.29 is 17.9 Å². The molecular formula is C12H9ClFNO3S. The molecule has 0 heterocycles. The van der Waals surface area contributed by atoms with Gasteiger partial charge in [0.1, 0.15) is 11.6 Å². The van der Waals surface area contributed by atoms with Gasteiger partial charge in [-0.25, -0.2) is 12.8 Å². The van der Waals surface area contributed by atoms with E-state index in [9.17, 15) is 12.8 Å². The van der Waals surface area contributed by atoms with E-state index in [0.717, 1.165) is 6.07 Å². The van der Waals surface area contributed by atoms with Gasteiger partial charge in [0.05, 0.1) is 10.6 Å². The Morgan fingerprint density at radius 1 is 1.11 bits per heavy atom. The van der Waals surface area contributed by atoms with Crippen LogP contribution in [0.2, 0.25) is 5.02 Å². The molecule has 0 amide bonds. The average molecular weight is 302 g/mol. The first-order valence-electron chi connectivity index (χ1n) is 5.15. The number of halogens is 2. The molecule has 0 saturated heterocycles. The maximum absolute atomic E-state index is 13.5. The maximum Gasteiger partial charge on any atom is 0.261 e. The van der Waals surface area contributed by atoms with E-state index >= 15 is 0 Å². The van der Waals surface area contributed by atoms with Gasteiger partial charge in [-0.2, -0.15) is 0 Å². The van der Waals surface area contributed by atoms with Crippen LogP contribution in [0.5, 0.6) is 5.75 Å². The van der Waals surface area contributed by atoms with E-state index < -0.39 is 15.8 Å². The summed E-state index contributed by atoms with van der Waals surface area (Å²) >= 11 is 5.58. The number of benzene rings is 2. The topological polar surface area (TPSA) is 66.4 Å². The number of rotatable bonds is 3. The third kappa shape index (κ3) is 3.15. The molecule has 2 aromatic rings. The molecule has 100 valence electrons. The van der Waals surface area contributed by atoms with Crippen LogP contribution in [0.25, 0.3) is 0 Å². The van der Waals surface area contributed by atoms with Crippen LogP contribution in [0.4, 0.5) is 10.1 Å². The molecule has 0 aromatic heterocycles. The number of hydrogen-bond donors (Lipinski definition) is 2. The molecule has 0 spiro atoms. The lowest BCUT2D eigenvalue weighted by Gasteiger charge is -2.09. The first-order valence-corrected chi connectivity index (χ1v) is 7.01. The highest BCUT2D eigenvalue weighted by atomic mass is 35.5. The second-order valence-electron chi connectivity index (χ2n) is 3.72. The molecule has 19 heavy (non-hydrogen) atoms. The van der Waals surface area contributed by atoms with Gasteiger partial charge in [-0.15, -0.1) is 0 Å².